The van der Waals surface area contributed by atoms with Crippen LogP contribution in [0.15, 0.2) is 22.3 Å². The first-order valence-corrected chi connectivity index (χ1v) is 7.18. The number of phenolic OH excluding ortho intramolecular Hbond substituents is 1. The number of hydrogen-bond acceptors (Lipinski definition) is 4. The summed E-state index contributed by atoms with van der Waals surface area (Å²) in [5, 5.41) is 12.3. The molecule has 0 atom stereocenters. The minimum absolute atomic E-state index is 0.0194. The van der Waals surface area contributed by atoms with E-state index >= 15 is 0 Å². The summed E-state index contributed by atoms with van der Waals surface area (Å²) in [5.41, 5.74) is 0.826. The van der Waals surface area contributed by atoms with Crippen molar-refractivity contribution in [3.05, 3.63) is 27.9 Å². The zero-order chi connectivity index (χ0) is 15.6. The van der Waals surface area contributed by atoms with Gasteiger partial charge in [0.1, 0.15) is 5.70 Å². The van der Waals surface area contributed by atoms with E-state index in [4.69, 9.17) is 4.74 Å². The Kier molecular flexibility index (Phi) is 4.52. The van der Waals surface area contributed by atoms with Gasteiger partial charge in [-0.2, -0.15) is 0 Å². The lowest BCUT2D eigenvalue weighted by Gasteiger charge is -2.09. The number of ether oxygens (including phenoxy) is 1. The maximum atomic E-state index is 12.1. The van der Waals surface area contributed by atoms with Crippen molar-refractivity contribution >= 4 is 33.9 Å². The number of halogens is 1. The Balaban J connectivity index is 2.35. The van der Waals surface area contributed by atoms with Gasteiger partial charge in [-0.15, -0.1) is 0 Å². The first-order valence-electron chi connectivity index (χ1n) is 6.39. The minimum atomic E-state index is -0.419. The van der Waals surface area contributed by atoms with Gasteiger partial charge in [-0.05, 0) is 46.1 Å². The average molecular weight is 355 g/mol. The second kappa shape index (κ2) is 6.17. The van der Waals surface area contributed by atoms with Crippen LogP contribution in [-0.4, -0.2) is 35.6 Å². The lowest BCUT2D eigenvalue weighted by molar-refractivity contribution is -0.122. The largest absolute Gasteiger partial charge is 0.503 e. The van der Waals surface area contributed by atoms with Gasteiger partial charge in [0.15, 0.2) is 11.5 Å². The first kappa shape index (κ1) is 15.4. The van der Waals surface area contributed by atoms with Gasteiger partial charge in [-0.25, -0.2) is 4.79 Å². The van der Waals surface area contributed by atoms with Crippen LogP contribution >= 0.6 is 15.9 Å². The number of phenols is 1. The second-order valence-corrected chi connectivity index (χ2v) is 5.35. The van der Waals surface area contributed by atoms with Crippen LogP contribution in [0.3, 0.4) is 0 Å². The highest BCUT2D eigenvalue weighted by Crippen LogP contribution is 2.35. The standard InChI is InChI=1S/C14H15BrN2O4/c1-3-4-17-13(19)10(16-14(17)20)6-8-5-9(15)12(18)11(7-8)21-2/h5-7,18H,3-4H2,1-2H3,(H,16,20)/b10-6+. The SMILES string of the molecule is CCCN1C(=O)N/C(=C/c2cc(Br)c(O)c(OC)c2)C1=O. The van der Waals surface area contributed by atoms with Crippen LogP contribution in [0.2, 0.25) is 0 Å². The molecule has 1 saturated heterocycles. The van der Waals surface area contributed by atoms with E-state index in [2.05, 4.69) is 21.2 Å². The number of nitrogens with zero attached hydrogens (tertiary/aromatic N) is 1. The molecule has 0 unspecified atom stereocenters. The van der Waals surface area contributed by atoms with Gasteiger partial charge in [0.25, 0.3) is 5.91 Å². The summed E-state index contributed by atoms with van der Waals surface area (Å²) < 4.78 is 5.49. The molecular formula is C14H15BrN2O4. The van der Waals surface area contributed by atoms with Crippen molar-refractivity contribution in [1.29, 1.82) is 0 Å². The van der Waals surface area contributed by atoms with Crippen molar-refractivity contribution < 1.29 is 19.4 Å². The van der Waals surface area contributed by atoms with Crippen LogP contribution in [0, 0.1) is 0 Å². The molecule has 1 fully saturated rings. The molecular weight excluding hydrogens is 340 g/mol. The maximum absolute atomic E-state index is 12.1. The zero-order valence-corrected chi connectivity index (χ0v) is 13.2. The molecule has 2 N–H and O–H groups in total. The van der Waals surface area contributed by atoms with E-state index in [0.717, 1.165) is 0 Å². The molecule has 1 aromatic carbocycles. The Bertz CT molecular complexity index is 628. The topological polar surface area (TPSA) is 78.9 Å². The highest BCUT2D eigenvalue weighted by atomic mass is 79.9. The molecule has 21 heavy (non-hydrogen) atoms. The van der Waals surface area contributed by atoms with E-state index in [1.54, 1.807) is 18.2 Å². The molecule has 0 bridgehead atoms. The van der Waals surface area contributed by atoms with Gasteiger partial charge in [0, 0.05) is 6.54 Å². The van der Waals surface area contributed by atoms with Crippen LogP contribution in [0.25, 0.3) is 6.08 Å². The summed E-state index contributed by atoms with van der Waals surface area (Å²) in [5.74, 6) is -0.0996. The molecule has 1 aliphatic heterocycles. The number of urea groups is 1. The molecule has 1 aromatic rings. The Morgan fingerprint density at radius 2 is 2.14 bits per heavy atom. The molecule has 6 nitrogen and oxygen atoms in total. The summed E-state index contributed by atoms with van der Waals surface area (Å²) >= 11 is 3.21. The van der Waals surface area contributed by atoms with Crippen molar-refractivity contribution in [3.8, 4) is 11.5 Å². The van der Waals surface area contributed by atoms with Crippen LogP contribution < -0.4 is 10.1 Å². The fraction of sp³-hybridized carbons (Fsp3) is 0.286. The summed E-state index contributed by atoms with van der Waals surface area (Å²) in [6.45, 7) is 2.27. The number of benzene rings is 1. The number of methoxy groups -OCH3 is 1. The Hall–Kier alpha value is -2.02. The summed E-state index contributed by atoms with van der Waals surface area (Å²) in [4.78, 5) is 25.0. The van der Waals surface area contributed by atoms with E-state index in [9.17, 15) is 14.7 Å². The van der Waals surface area contributed by atoms with Crippen molar-refractivity contribution in [2.45, 2.75) is 13.3 Å². The van der Waals surface area contributed by atoms with E-state index in [-0.39, 0.29) is 23.1 Å². The third-order valence-corrected chi connectivity index (χ3v) is 3.60. The smallest absolute Gasteiger partial charge is 0.329 e. The fourth-order valence-corrected chi connectivity index (χ4v) is 2.46. The molecule has 2 rings (SSSR count). The fourth-order valence-electron chi connectivity index (χ4n) is 2.00. The Morgan fingerprint density at radius 3 is 2.76 bits per heavy atom. The van der Waals surface area contributed by atoms with Crippen LogP contribution in [0.5, 0.6) is 11.5 Å². The number of hydrogen-bond donors (Lipinski definition) is 2. The number of imide groups is 1. The minimum Gasteiger partial charge on any atom is -0.503 e. The molecule has 1 heterocycles. The average Bonchev–Trinajstić information content (AvgIpc) is 2.70. The zero-order valence-electron chi connectivity index (χ0n) is 11.6. The maximum Gasteiger partial charge on any atom is 0.329 e. The number of carbonyl (C=O) groups is 2. The van der Waals surface area contributed by atoms with E-state index in [1.807, 2.05) is 6.92 Å². The molecule has 0 aromatic heterocycles. The van der Waals surface area contributed by atoms with E-state index in [0.29, 0.717) is 23.0 Å². The number of carbonyl (C=O) groups excluding carboxylic acids is 2. The summed E-state index contributed by atoms with van der Waals surface area (Å²) in [6, 6.07) is 2.79. The number of nitrogens with one attached hydrogen (secondary N) is 1. The van der Waals surface area contributed by atoms with Crippen molar-refractivity contribution in [3.63, 3.8) is 0 Å². The summed E-state index contributed by atoms with van der Waals surface area (Å²) in [7, 11) is 1.43. The summed E-state index contributed by atoms with van der Waals surface area (Å²) in [6.07, 6.45) is 2.24. The van der Waals surface area contributed by atoms with Crippen molar-refractivity contribution in [2.24, 2.45) is 0 Å². The lowest BCUT2D eigenvalue weighted by atomic mass is 10.1. The molecule has 0 saturated carbocycles. The van der Waals surface area contributed by atoms with Gasteiger partial charge in [-0.1, -0.05) is 6.92 Å². The molecule has 0 spiro atoms. The normalized spacial score (nSPS) is 16.5. The predicted molar refractivity (Wildman–Crippen MR) is 80.9 cm³/mol. The molecule has 112 valence electrons. The quantitative estimate of drug-likeness (QED) is 0.643. The van der Waals surface area contributed by atoms with Crippen LogP contribution in [0.4, 0.5) is 4.79 Å². The van der Waals surface area contributed by atoms with Crippen LogP contribution in [0.1, 0.15) is 18.9 Å². The molecule has 0 aliphatic carbocycles. The first-order chi connectivity index (χ1) is 9.97. The van der Waals surface area contributed by atoms with Gasteiger partial charge in [-0.3, -0.25) is 9.69 Å². The van der Waals surface area contributed by atoms with Gasteiger partial charge in [0.05, 0.1) is 11.6 Å². The third-order valence-electron chi connectivity index (χ3n) is 2.99. The van der Waals surface area contributed by atoms with Gasteiger partial charge >= 0.3 is 6.03 Å². The van der Waals surface area contributed by atoms with Crippen molar-refractivity contribution in [1.82, 2.24) is 10.2 Å². The predicted octanol–water partition coefficient (Wildman–Crippen LogP) is 2.47. The number of amides is 3. The highest BCUT2D eigenvalue weighted by molar-refractivity contribution is 9.10. The molecule has 7 heteroatoms. The number of rotatable bonds is 4. The molecule has 0 radical (unpaired) electrons. The van der Waals surface area contributed by atoms with Gasteiger partial charge in [0.2, 0.25) is 0 Å². The Morgan fingerprint density at radius 1 is 1.43 bits per heavy atom. The second-order valence-electron chi connectivity index (χ2n) is 4.50. The monoisotopic (exact) mass is 354 g/mol. The van der Waals surface area contributed by atoms with E-state index < -0.39 is 6.03 Å². The van der Waals surface area contributed by atoms with Crippen molar-refractivity contribution in [2.75, 3.05) is 13.7 Å². The number of aromatic hydroxyl groups is 1. The lowest BCUT2D eigenvalue weighted by Crippen LogP contribution is -2.31. The third kappa shape index (κ3) is 3.02. The molecule has 3 amide bonds. The highest BCUT2D eigenvalue weighted by Gasteiger charge is 2.32. The Labute approximate surface area is 130 Å². The van der Waals surface area contributed by atoms with Crippen LogP contribution in [-0.2, 0) is 4.79 Å². The molecule has 1 aliphatic rings. The van der Waals surface area contributed by atoms with Gasteiger partial charge < -0.3 is 15.2 Å². The van der Waals surface area contributed by atoms with E-state index in [1.165, 1.54) is 12.0 Å².